The van der Waals surface area contributed by atoms with Gasteiger partial charge >= 0.3 is 0 Å². The first-order valence-electron chi connectivity index (χ1n) is 6.13. The summed E-state index contributed by atoms with van der Waals surface area (Å²) in [7, 11) is -3.42. The minimum atomic E-state index is -3.42. The Kier molecular flexibility index (Phi) is 6.55. The molecule has 4 nitrogen and oxygen atoms in total. The predicted molar refractivity (Wildman–Crippen MR) is 75.7 cm³/mol. The molecule has 0 saturated carbocycles. The quantitative estimate of drug-likeness (QED) is 0.739. The zero-order chi connectivity index (χ0) is 13.6. The Morgan fingerprint density at radius 3 is 2.22 bits per heavy atom. The fraction of sp³-hybridized carbons (Fsp3) is 0.727. The molecule has 18 heavy (non-hydrogen) atoms. The van der Waals surface area contributed by atoms with Gasteiger partial charge in [0.15, 0.2) is 8.68 Å². The Hall–Kier alpha value is -0.170. The summed E-state index contributed by atoms with van der Waals surface area (Å²) in [5.74, 6) is 0. The van der Waals surface area contributed by atoms with E-state index >= 15 is 0 Å². The van der Waals surface area contributed by atoms with E-state index in [1.165, 1.54) is 6.20 Å². The maximum Gasteiger partial charge on any atom is 0.254 e. The second-order valence-corrected chi connectivity index (χ2v) is 7.82. The molecule has 0 aliphatic carbocycles. The predicted octanol–water partition coefficient (Wildman–Crippen LogP) is 3.39. The van der Waals surface area contributed by atoms with Crippen LogP contribution < -0.4 is 0 Å². The number of hydrogen-bond acceptors (Lipinski definition) is 4. The van der Waals surface area contributed by atoms with Crippen molar-refractivity contribution < 1.29 is 8.42 Å². The van der Waals surface area contributed by atoms with Crippen LogP contribution in [-0.2, 0) is 10.0 Å². The molecular weight excluding hydrogens is 292 g/mol. The zero-order valence-corrected chi connectivity index (χ0v) is 13.1. The van der Waals surface area contributed by atoms with Gasteiger partial charge in [0, 0.05) is 13.1 Å². The fourth-order valence-electron chi connectivity index (χ4n) is 1.51. The molecule has 0 aromatic carbocycles. The van der Waals surface area contributed by atoms with Crippen LogP contribution in [-0.4, -0.2) is 30.8 Å². The summed E-state index contributed by atoms with van der Waals surface area (Å²) in [6, 6.07) is 0. The summed E-state index contributed by atoms with van der Waals surface area (Å²) < 4.78 is 26.8. The maximum absolute atomic E-state index is 12.4. The van der Waals surface area contributed by atoms with Crippen molar-refractivity contribution in [2.45, 2.75) is 43.7 Å². The van der Waals surface area contributed by atoms with Crippen molar-refractivity contribution in [1.82, 2.24) is 9.29 Å². The largest absolute Gasteiger partial charge is 0.254 e. The van der Waals surface area contributed by atoms with Crippen LogP contribution in [0.15, 0.2) is 10.4 Å². The van der Waals surface area contributed by atoms with Crippen LogP contribution in [0.25, 0.3) is 0 Å². The lowest BCUT2D eigenvalue weighted by Crippen LogP contribution is -2.32. The van der Waals surface area contributed by atoms with Crippen LogP contribution in [0.4, 0.5) is 0 Å². The molecule has 0 amide bonds. The van der Waals surface area contributed by atoms with Crippen LogP contribution in [0.3, 0.4) is 0 Å². The molecule has 1 aromatic rings. The summed E-state index contributed by atoms with van der Waals surface area (Å²) in [6.07, 6.45) is 5.03. The number of aromatic nitrogens is 1. The number of thiazole rings is 1. The first-order chi connectivity index (χ1) is 8.52. The van der Waals surface area contributed by atoms with Crippen LogP contribution in [0, 0.1) is 0 Å². The van der Waals surface area contributed by atoms with E-state index < -0.39 is 10.0 Å². The van der Waals surface area contributed by atoms with Crippen molar-refractivity contribution in [2.75, 3.05) is 13.1 Å². The van der Waals surface area contributed by atoms with Gasteiger partial charge in [0.05, 0.1) is 6.20 Å². The van der Waals surface area contributed by atoms with Crippen molar-refractivity contribution in [3.05, 3.63) is 10.7 Å². The van der Waals surface area contributed by atoms with E-state index in [0.717, 1.165) is 37.0 Å². The monoisotopic (exact) mass is 310 g/mol. The van der Waals surface area contributed by atoms with Gasteiger partial charge in [0.1, 0.15) is 0 Å². The van der Waals surface area contributed by atoms with Crippen molar-refractivity contribution in [2.24, 2.45) is 0 Å². The van der Waals surface area contributed by atoms with Crippen molar-refractivity contribution in [1.29, 1.82) is 0 Å². The standard InChI is InChI=1S/C11H19ClN2O2S2/c1-3-5-7-14(8-6-4-2)18(15,16)10-9-13-11(12)17-10/h9H,3-8H2,1-2H3. The molecule has 0 unspecified atom stereocenters. The van der Waals surface area contributed by atoms with Crippen molar-refractivity contribution in [3.63, 3.8) is 0 Å². The van der Waals surface area contributed by atoms with Crippen molar-refractivity contribution in [3.8, 4) is 0 Å². The van der Waals surface area contributed by atoms with Gasteiger partial charge in [0.25, 0.3) is 10.0 Å². The molecule has 1 rings (SSSR count). The van der Waals surface area contributed by atoms with E-state index in [-0.39, 0.29) is 8.68 Å². The number of nitrogens with zero attached hydrogens (tertiary/aromatic N) is 2. The zero-order valence-electron chi connectivity index (χ0n) is 10.7. The van der Waals surface area contributed by atoms with Gasteiger partial charge in [-0.25, -0.2) is 13.4 Å². The number of hydrogen-bond donors (Lipinski definition) is 0. The molecule has 0 N–H and O–H groups in total. The average molecular weight is 311 g/mol. The normalized spacial score (nSPS) is 12.2. The van der Waals surface area contributed by atoms with E-state index in [1.54, 1.807) is 4.31 Å². The van der Waals surface area contributed by atoms with E-state index in [2.05, 4.69) is 4.98 Å². The third-order valence-electron chi connectivity index (χ3n) is 2.57. The van der Waals surface area contributed by atoms with E-state index in [0.29, 0.717) is 13.1 Å². The summed E-state index contributed by atoms with van der Waals surface area (Å²) in [4.78, 5) is 3.80. The van der Waals surface area contributed by atoms with E-state index in [4.69, 9.17) is 11.6 Å². The van der Waals surface area contributed by atoms with E-state index in [9.17, 15) is 8.42 Å². The molecule has 1 heterocycles. The van der Waals surface area contributed by atoms with Gasteiger partial charge in [0.2, 0.25) is 0 Å². The maximum atomic E-state index is 12.4. The Morgan fingerprint density at radius 2 is 1.83 bits per heavy atom. The lowest BCUT2D eigenvalue weighted by molar-refractivity contribution is 0.396. The number of sulfonamides is 1. The van der Waals surface area contributed by atoms with E-state index in [1.807, 2.05) is 13.8 Å². The smallest absolute Gasteiger partial charge is 0.232 e. The Morgan fingerprint density at radius 1 is 1.28 bits per heavy atom. The Labute approximate surface area is 118 Å². The first-order valence-corrected chi connectivity index (χ1v) is 8.77. The topological polar surface area (TPSA) is 50.3 Å². The summed E-state index contributed by atoms with van der Waals surface area (Å²) >= 11 is 6.72. The average Bonchev–Trinajstić information content (AvgIpc) is 2.76. The van der Waals surface area contributed by atoms with Crippen molar-refractivity contribution >= 4 is 33.0 Å². The summed E-state index contributed by atoms with van der Waals surface area (Å²) in [5, 5.41) is 0. The highest BCUT2D eigenvalue weighted by molar-refractivity contribution is 7.91. The van der Waals surface area contributed by atoms with Gasteiger partial charge in [-0.05, 0) is 12.8 Å². The van der Waals surface area contributed by atoms with Gasteiger partial charge in [-0.15, -0.1) is 0 Å². The van der Waals surface area contributed by atoms with Crippen LogP contribution in [0.1, 0.15) is 39.5 Å². The first kappa shape index (κ1) is 15.9. The van der Waals surface area contributed by atoms with Gasteiger partial charge in [-0.3, -0.25) is 0 Å². The molecule has 0 bridgehead atoms. The molecule has 7 heteroatoms. The SMILES string of the molecule is CCCCN(CCCC)S(=O)(=O)c1cnc(Cl)s1. The summed E-state index contributed by atoms with van der Waals surface area (Å²) in [6.45, 7) is 5.23. The highest BCUT2D eigenvalue weighted by Gasteiger charge is 2.25. The Balaban J connectivity index is 2.88. The number of halogens is 1. The second-order valence-electron chi connectivity index (χ2n) is 4.04. The molecule has 0 spiro atoms. The molecule has 0 saturated heterocycles. The highest BCUT2D eigenvalue weighted by Crippen LogP contribution is 2.26. The number of unbranched alkanes of at least 4 members (excludes halogenated alkanes) is 2. The lowest BCUT2D eigenvalue weighted by Gasteiger charge is -2.20. The van der Waals surface area contributed by atoms with Crippen LogP contribution >= 0.6 is 22.9 Å². The molecule has 0 atom stereocenters. The highest BCUT2D eigenvalue weighted by atomic mass is 35.5. The molecular formula is C11H19ClN2O2S2. The van der Waals surface area contributed by atoms with Gasteiger partial charge in [-0.1, -0.05) is 49.6 Å². The third kappa shape index (κ3) is 4.19. The fourth-order valence-corrected chi connectivity index (χ4v) is 4.47. The molecule has 1 aromatic heterocycles. The minimum absolute atomic E-state index is 0.236. The van der Waals surface area contributed by atoms with Crippen LogP contribution in [0.5, 0.6) is 0 Å². The molecule has 0 aliphatic rings. The molecule has 0 aliphatic heterocycles. The molecule has 104 valence electrons. The van der Waals surface area contributed by atoms with Crippen LogP contribution in [0.2, 0.25) is 4.47 Å². The minimum Gasteiger partial charge on any atom is -0.232 e. The Bertz CT molecular complexity index is 451. The lowest BCUT2D eigenvalue weighted by atomic mass is 10.3. The second kappa shape index (κ2) is 7.43. The third-order valence-corrected chi connectivity index (χ3v) is 6.02. The molecule has 0 fully saturated rings. The molecule has 0 radical (unpaired) electrons. The van der Waals surface area contributed by atoms with Gasteiger partial charge < -0.3 is 0 Å². The number of rotatable bonds is 8. The van der Waals surface area contributed by atoms with Gasteiger partial charge in [-0.2, -0.15) is 4.31 Å². The summed E-state index contributed by atoms with van der Waals surface area (Å²) in [5.41, 5.74) is 0.